The molecule has 0 bridgehead atoms. The van der Waals surface area contributed by atoms with Crippen LogP contribution in [0.4, 0.5) is 5.13 Å². The topological polar surface area (TPSA) is 51.7 Å². The van der Waals surface area contributed by atoms with E-state index in [-0.39, 0.29) is 0 Å². The van der Waals surface area contributed by atoms with Crippen molar-refractivity contribution in [2.75, 3.05) is 32.2 Å². The number of aldehydes is 1. The number of rotatable bonds is 15. The molecule has 0 saturated heterocycles. The summed E-state index contributed by atoms with van der Waals surface area (Å²) in [6, 6.07) is 5.63. The molecule has 0 amide bonds. The first kappa shape index (κ1) is 24.2. The summed E-state index contributed by atoms with van der Waals surface area (Å²) in [4.78, 5) is 19.8. The van der Waals surface area contributed by atoms with Crippen LogP contribution in [0, 0.1) is 0 Å². The number of hydrogen-bond donors (Lipinski definition) is 0. The first-order chi connectivity index (χ1) is 14.7. The molecule has 0 unspecified atom stereocenters. The van der Waals surface area contributed by atoms with Gasteiger partial charge in [0, 0.05) is 13.1 Å². The summed E-state index contributed by atoms with van der Waals surface area (Å²) >= 11 is 1.46. The summed E-state index contributed by atoms with van der Waals surface area (Å²) < 4.78 is 11.1. The minimum Gasteiger partial charge on any atom is -0.496 e. The van der Waals surface area contributed by atoms with E-state index in [9.17, 15) is 4.79 Å². The molecule has 1 aromatic heterocycles. The van der Waals surface area contributed by atoms with Gasteiger partial charge < -0.3 is 14.4 Å². The molecule has 1 aromatic carbocycles. The van der Waals surface area contributed by atoms with E-state index in [1.807, 2.05) is 18.2 Å². The lowest BCUT2D eigenvalue weighted by Crippen LogP contribution is -2.25. The fourth-order valence-electron chi connectivity index (χ4n) is 3.56. The standard InChI is InChI=1S/C24H36N2O3S/c1-5-7-9-11-16-26(17-12-10-8-6-2)24-25-23(21(18-27)30-24)22-19(28-3)14-13-15-20(22)29-4/h13-15,18H,5-12,16-17H2,1-4H3. The Hall–Kier alpha value is -2.08. The second-order valence-corrected chi connectivity index (χ2v) is 8.48. The van der Waals surface area contributed by atoms with Crippen molar-refractivity contribution in [3.63, 3.8) is 0 Å². The smallest absolute Gasteiger partial charge is 0.186 e. The summed E-state index contributed by atoms with van der Waals surface area (Å²) in [5.41, 5.74) is 1.38. The van der Waals surface area contributed by atoms with Crippen LogP contribution in [0.1, 0.15) is 74.9 Å². The first-order valence-electron chi connectivity index (χ1n) is 11.1. The van der Waals surface area contributed by atoms with Gasteiger partial charge in [0.05, 0.1) is 24.7 Å². The maximum atomic E-state index is 11.9. The number of ether oxygens (including phenoxy) is 2. The van der Waals surface area contributed by atoms with Crippen LogP contribution in [0.2, 0.25) is 0 Å². The Morgan fingerprint density at radius 2 is 1.50 bits per heavy atom. The van der Waals surface area contributed by atoms with Gasteiger partial charge in [0.1, 0.15) is 17.2 Å². The average molecular weight is 433 g/mol. The maximum Gasteiger partial charge on any atom is 0.186 e. The second-order valence-electron chi connectivity index (χ2n) is 7.47. The predicted octanol–water partition coefficient (Wildman–Crippen LogP) is 6.61. The van der Waals surface area contributed by atoms with Gasteiger partial charge in [-0.1, -0.05) is 69.8 Å². The molecule has 30 heavy (non-hydrogen) atoms. The third-order valence-corrected chi connectivity index (χ3v) is 6.29. The fraction of sp³-hybridized carbons (Fsp3) is 0.583. The molecule has 0 radical (unpaired) electrons. The molecule has 0 atom stereocenters. The van der Waals surface area contributed by atoms with Gasteiger partial charge >= 0.3 is 0 Å². The summed E-state index contributed by atoms with van der Waals surface area (Å²) in [5.74, 6) is 1.32. The van der Waals surface area contributed by atoms with Crippen molar-refractivity contribution in [2.45, 2.75) is 65.2 Å². The van der Waals surface area contributed by atoms with Gasteiger partial charge in [0.25, 0.3) is 0 Å². The van der Waals surface area contributed by atoms with E-state index < -0.39 is 0 Å². The van der Waals surface area contributed by atoms with E-state index in [2.05, 4.69) is 18.7 Å². The van der Waals surface area contributed by atoms with Gasteiger partial charge in [0.2, 0.25) is 0 Å². The lowest BCUT2D eigenvalue weighted by Gasteiger charge is -2.22. The van der Waals surface area contributed by atoms with Crippen LogP contribution in [0.15, 0.2) is 18.2 Å². The average Bonchev–Trinajstić information content (AvgIpc) is 3.21. The van der Waals surface area contributed by atoms with Crippen LogP contribution in [-0.4, -0.2) is 38.6 Å². The van der Waals surface area contributed by atoms with Gasteiger partial charge in [-0.15, -0.1) is 0 Å². The molecule has 1 heterocycles. The third kappa shape index (κ3) is 6.46. The molecule has 0 N–H and O–H groups in total. The number of hydrogen-bond acceptors (Lipinski definition) is 6. The highest BCUT2D eigenvalue weighted by molar-refractivity contribution is 7.17. The minimum atomic E-state index is 0.611. The van der Waals surface area contributed by atoms with Crippen molar-refractivity contribution >= 4 is 22.8 Å². The fourth-order valence-corrected chi connectivity index (χ4v) is 4.50. The van der Waals surface area contributed by atoms with E-state index in [1.54, 1.807) is 14.2 Å². The summed E-state index contributed by atoms with van der Waals surface area (Å²) in [7, 11) is 3.25. The number of thiazole rings is 1. The monoisotopic (exact) mass is 432 g/mol. The third-order valence-electron chi connectivity index (χ3n) is 5.25. The SMILES string of the molecule is CCCCCCN(CCCCCC)c1nc(-c2c(OC)cccc2OC)c(C=O)s1. The van der Waals surface area contributed by atoms with Gasteiger partial charge in [-0.3, -0.25) is 4.79 Å². The minimum absolute atomic E-state index is 0.611. The zero-order valence-electron chi connectivity index (χ0n) is 18.9. The Labute approximate surface area is 185 Å². The Morgan fingerprint density at radius 3 is 1.97 bits per heavy atom. The van der Waals surface area contributed by atoms with Crippen LogP contribution >= 0.6 is 11.3 Å². The highest BCUT2D eigenvalue weighted by Gasteiger charge is 2.22. The molecule has 2 aromatic rings. The van der Waals surface area contributed by atoms with E-state index in [0.29, 0.717) is 22.1 Å². The Morgan fingerprint density at radius 1 is 0.933 bits per heavy atom. The Balaban J connectivity index is 2.34. The Bertz CT molecular complexity index is 742. The zero-order valence-corrected chi connectivity index (χ0v) is 19.7. The molecule has 5 nitrogen and oxygen atoms in total. The van der Waals surface area contributed by atoms with Crippen molar-refractivity contribution in [1.82, 2.24) is 4.98 Å². The molecule has 0 aliphatic heterocycles. The number of unbranched alkanes of at least 4 members (excludes halogenated alkanes) is 6. The number of nitrogens with zero attached hydrogens (tertiary/aromatic N) is 2. The quantitative estimate of drug-likeness (QED) is 0.234. The van der Waals surface area contributed by atoms with E-state index in [1.165, 1.54) is 49.9 Å². The summed E-state index contributed by atoms with van der Waals surface area (Å²) in [5, 5.41) is 0.910. The highest BCUT2D eigenvalue weighted by Crippen LogP contribution is 2.42. The van der Waals surface area contributed by atoms with Gasteiger partial charge in [-0.2, -0.15) is 0 Å². The molecule has 0 saturated carbocycles. The van der Waals surface area contributed by atoms with Crippen molar-refractivity contribution < 1.29 is 14.3 Å². The van der Waals surface area contributed by atoms with Crippen LogP contribution in [0.3, 0.4) is 0 Å². The molecule has 0 aliphatic rings. The van der Waals surface area contributed by atoms with Crippen molar-refractivity contribution in [1.29, 1.82) is 0 Å². The van der Waals surface area contributed by atoms with Crippen molar-refractivity contribution in [3.8, 4) is 22.8 Å². The molecule has 0 fully saturated rings. The van der Waals surface area contributed by atoms with Crippen LogP contribution < -0.4 is 14.4 Å². The highest BCUT2D eigenvalue weighted by atomic mass is 32.1. The summed E-state index contributed by atoms with van der Waals surface area (Å²) in [6.45, 7) is 6.40. The Kier molecular flexibility index (Phi) is 10.7. The second kappa shape index (κ2) is 13.3. The van der Waals surface area contributed by atoms with Gasteiger partial charge in [-0.05, 0) is 25.0 Å². The number of methoxy groups -OCH3 is 2. The number of benzene rings is 1. The lowest BCUT2D eigenvalue weighted by atomic mass is 10.1. The van der Waals surface area contributed by atoms with E-state index >= 15 is 0 Å². The predicted molar refractivity (Wildman–Crippen MR) is 127 cm³/mol. The molecular weight excluding hydrogens is 396 g/mol. The molecule has 0 spiro atoms. The largest absolute Gasteiger partial charge is 0.496 e. The molecule has 2 rings (SSSR count). The zero-order chi connectivity index (χ0) is 21.8. The van der Waals surface area contributed by atoms with E-state index in [4.69, 9.17) is 14.5 Å². The van der Waals surface area contributed by atoms with Gasteiger partial charge in [0.15, 0.2) is 11.4 Å². The summed E-state index contributed by atoms with van der Waals surface area (Å²) in [6.07, 6.45) is 10.6. The number of anilines is 1. The lowest BCUT2D eigenvalue weighted by molar-refractivity contribution is 0.112. The van der Waals surface area contributed by atoms with Crippen LogP contribution in [0.5, 0.6) is 11.5 Å². The van der Waals surface area contributed by atoms with Crippen LogP contribution in [-0.2, 0) is 0 Å². The number of carbonyl (C=O) groups is 1. The molecular formula is C24H36N2O3S. The molecule has 166 valence electrons. The van der Waals surface area contributed by atoms with Crippen molar-refractivity contribution in [2.24, 2.45) is 0 Å². The first-order valence-corrected chi connectivity index (χ1v) is 11.9. The molecule has 6 heteroatoms. The maximum absolute atomic E-state index is 11.9. The van der Waals surface area contributed by atoms with E-state index in [0.717, 1.165) is 42.9 Å². The van der Waals surface area contributed by atoms with Gasteiger partial charge in [-0.25, -0.2) is 4.98 Å². The molecule has 0 aliphatic carbocycles. The normalized spacial score (nSPS) is 10.8. The number of carbonyl (C=O) groups excluding carboxylic acids is 1. The van der Waals surface area contributed by atoms with Crippen LogP contribution in [0.25, 0.3) is 11.3 Å². The van der Waals surface area contributed by atoms with Crippen molar-refractivity contribution in [3.05, 3.63) is 23.1 Å². The number of aromatic nitrogens is 1.